The summed E-state index contributed by atoms with van der Waals surface area (Å²) < 4.78 is 5.72. The Balaban J connectivity index is 2.23. The van der Waals surface area contributed by atoms with Gasteiger partial charge >= 0.3 is 0 Å². The second kappa shape index (κ2) is 5.99. The fourth-order valence-electron chi connectivity index (χ4n) is 2.18. The molecule has 0 saturated carbocycles. The van der Waals surface area contributed by atoms with Crippen LogP contribution in [-0.4, -0.2) is 48.0 Å². The molecule has 16 heavy (non-hydrogen) atoms. The second-order valence-corrected chi connectivity index (χ2v) is 5.79. The number of rotatable bonds is 4. The molecule has 2 unspecified atom stereocenters. The van der Waals surface area contributed by atoms with Crippen molar-refractivity contribution in [2.45, 2.75) is 52.2 Å². The monoisotopic (exact) mass is 229 g/mol. The third kappa shape index (κ3) is 4.81. The lowest BCUT2D eigenvalue weighted by Crippen LogP contribution is -2.44. The lowest BCUT2D eigenvalue weighted by atomic mass is 9.92. The third-order valence-corrected chi connectivity index (χ3v) is 3.24. The van der Waals surface area contributed by atoms with Crippen molar-refractivity contribution in [2.24, 2.45) is 5.92 Å². The van der Waals surface area contributed by atoms with Crippen molar-refractivity contribution in [1.29, 1.82) is 0 Å². The molecule has 3 nitrogen and oxygen atoms in total. The standard InChI is InChI=1S/C13H27NO2/c1-5-11-10-14(7-6-12(11)15)8-9-16-13(2,3)4/h11-12,15H,5-10H2,1-4H3. The molecule has 0 bridgehead atoms. The Labute approximate surface area is 99.8 Å². The molecular weight excluding hydrogens is 202 g/mol. The van der Waals surface area contributed by atoms with Crippen LogP contribution in [0.25, 0.3) is 0 Å². The summed E-state index contributed by atoms with van der Waals surface area (Å²) in [5, 5.41) is 9.78. The maximum Gasteiger partial charge on any atom is 0.0600 e. The van der Waals surface area contributed by atoms with E-state index in [1.807, 2.05) is 0 Å². The molecule has 1 aliphatic heterocycles. The highest BCUT2D eigenvalue weighted by Crippen LogP contribution is 2.19. The molecule has 1 fully saturated rings. The summed E-state index contributed by atoms with van der Waals surface area (Å²) in [7, 11) is 0. The van der Waals surface area contributed by atoms with Gasteiger partial charge in [0.05, 0.1) is 18.3 Å². The first-order valence-electron chi connectivity index (χ1n) is 6.46. The average molecular weight is 229 g/mol. The van der Waals surface area contributed by atoms with Gasteiger partial charge in [-0.15, -0.1) is 0 Å². The van der Waals surface area contributed by atoms with Crippen LogP contribution in [0.3, 0.4) is 0 Å². The molecule has 0 radical (unpaired) electrons. The van der Waals surface area contributed by atoms with Gasteiger partial charge in [0, 0.05) is 19.6 Å². The molecule has 0 amide bonds. The number of likely N-dealkylation sites (tertiary alicyclic amines) is 1. The minimum atomic E-state index is -0.0928. The van der Waals surface area contributed by atoms with Gasteiger partial charge in [0.1, 0.15) is 0 Å². The van der Waals surface area contributed by atoms with E-state index in [4.69, 9.17) is 4.74 Å². The molecule has 0 aromatic rings. The number of aliphatic hydroxyl groups excluding tert-OH is 1. The van der Waals surface area contributed by atoms with Gasteiger partial charge in [0.15, 0.2) is 0 Å². The highest BCUT2D eigenvalue weighted by Gasteiger charge is 2.26. The van der Waals surface area contributed by atoms with Gasteiger partial charge in [0.25, 0.3) is 0 Å². The first kappa shape index (κ1) is 13.9. The van der Waals surface area contributed by atoms with E-state index in [2.05, 4.69) is 32.6 Å². The maximum atomic E-state index is 9.78. The highest BCUT2D eigenvalue weighted by molar-refractivity contribution is 4.79. The van der Waals surface area contributed by atoms with E-state index < -0.39 is 0 Å². The van der Waals surface area contributed by atoms with Crippen molar-refractivity contribution < 1.29 is 9.84 Å². The van der Waals surface area contributed by atoms with Crippen LogP contribution in [0, 0.1) is 5.92 Å². The molecule has 0 aromatic heterocycles. The second-order valence-electron chi connectivity index (χ2n) is 5.79. The van der Waals surface area contributed by atoms with Crippen LogP contribution < -0.4 is 0 Å². The van der Waals surface area contributed by atoms with Gasteiger partial charge in [-0.3, -0.25) is 0 Å². The zero-order valence-corrected chi connectivity index (χ0v) is 11.2. The topological polar surface area (TPSA) is 32.7 Å². The molecule has 96 valence electrons. The quantitative estimate of drug-likeness (QED) is 0.799. The number of hydrogen-bond donors (Lipinski definition) is 1. The fourth-order valence-corrected chi connectivity index (χ4v) is 2.18. The number of hydrogen-bond acceptors (Lipinski definition) is 3. The van der Waals surface area contributed by atoms with Crippen molar-refractivity contribution in [1.82, 2.24) is 4.90 Å². The average Bonchev–Trinajstić information content (AvgIpc) is 2.18. The smallest absolute Gasteiger partial charge is 0.0600 e. The Bertz CT molecular complexity index is 201. The molecule has 2 atom stereocenters. The van der Waals surface area contributed by atoms with Crippen molar-refractivity contribution in [2.75, 3.05) is 26.2 Å². The molecule has 1 saturated heterocycles. The maximum absolute atomic E-state index is 9.78. The number of nitrogens with zero attached hydrogens (tertiary/aromatic N) is 1. The number of aliphatic hydroxyl groups is 1. The zero-order chi connectivity index (χ0) is 12.2. The Morgan fingerprint density at radius 3 is 2.62 bits per heavy atom. The fraction of sp³-hybridized carbons (Fsp3) is 1.00. The predicted molar refractivity (Wildman–Crippen MR) is 66.5 cm³/mol. The van der Waals surface area contributed by atoms with Crippen molar-refractivity contribution in [3.63, 3.8) is 0 Å². The Morgan fingerprint density at radius 1 is 1.38 bits per heavy atom. The largest absolute Gasteiger partial charge is 0.393 e. The van der Waals surface area contributed by atoms with E-state index in [0.717, 1.165) is 39.1 Å². The lowest BCUT2D eigenvalue weighted by Gasteiger charge is -2.36. The summed E-state index contributed by atoms with van der Waals surface area (Å²) in [6, 6.07) is 0. The van der Waals surface area contributed by atoms with Crippen LogP contribution >= 0.6 is 0 Å². The van der Waals surface area contributed by atoms with E-state index in [1.165, 1.54) is 0 Å². The molecule has 1 rings (SSSR count). The SMILES string of the molecule is CCC1CN(CCOC(C)(C)C)CCC1O. The van der Waals surface area contributed by atoms with Gasteiger partial charge in [0.2, 0.25) is 0 Å². The summed E-state index contributed by atoms with van der Waals surface area (Å²) >= 11 is 0. The van der Waals surface area contributed by atoms with E-state index in [9.17, 15) is 5.11 Å². The highest BCUT2D eigenvalue weighted by atomic mass is 16.5. The van der Waals surface area contributed by atoms with Crippen molar-refractivity contribution in [3.05, 3.63) is 0 Å². The Kier molecular flexibility index (Phi) is 5.22. The van der Waals surface area contributed by atoms with Gasteiger partial charge in [-0.2, -0.15) is 0 Å². The summed E-state index contributed by atoms with van der Waals surface area (Å²) in [4.78, 5) is 2.41. The Morgan fingerprint density at radius 2 is 2.06 bits per heavy atom. The molecule has 0 aromatic carbocycles. The first-order chi connectivity index (χ1) is 7.42. The van der Waals surface area contributed by atoms with Crippen molar-refractivity contribution >= 4 is 0 Å². The normalized spacial score (nSPS) is 28.3. The van der Waals surface area contributed by atoms with Gasteiger partial charge in [-0.25, -0.2) is 0 Å². The molecule has 0 spiro atoms. The zero-order valence-electron chi connectivity index (χ0n) is 11.2. The van der Waals surface area contributed by atoms with Crippen LogP contribution in [0.1, 0.15) is 40.5 Å². The predicted octanol–water partition coefficient (Wildman–Crippen LogP) is 1.89. The molecule has 1 N–H and O–H groups in total. The molecule has 3 heteroatoms. The van der Waals surface area contributed by atoms with Crippen LogP contribution in [0.2, 0.25) is 0 Å². The summed E-state index contributed by atoms with van der Waals surface area (Å²) in [5.74, 6) is 0.448. The first-order valence-corrected chi connectivity index (χ1v) is 6.46. The lowest BCUT2D eigenvalue weighted by molar-refractivity contribution is -0.0296. The Hall–Kier alpha value is -0.120. The summed E-state index contributed by atoms with van der Waals surface area (Å²) in [6.07, 6.45) is 1.89. The van der Waals surface area contributed by atoms with E-state index in [0.29, 0.717) is 5.92 Å². The third-order valence-electron chi connectivity index (χ3n) is 3.24. The van der Waals surface area contributed by atoms with Gasteiger partial charge in [-0.1, -0.05) is 6.92 Å². The minimum absolute atomic E-state index is 0.0422. The molecule has 1 heterocycles. The van der Waals surface area contributed by atoms with Crippen molar-refractivity contribution in [3.8, 4) is 0 Å². The molecular formula is C13H27NO2. The number of ether oxygens (including phenoxy) is 1. The van der Waals surface area contributed by atoms with Crippen LogP contribution in [0.4, 0.5) is 0 Å². The molecule has 0 aliphatic carbocycles. The number of piperidine rings is 1. The van der Waals surface area contributed by atoms with Crippen LogP contribution in [0.15, 0.2) is 0 Å². The van der Waals surface area contributed by atoms with E-state index in [1.54, 1.807) is 0 Å². The van der Waals surface area contributed by atoms with Crippen LogP contribution in [-0.2, 0) is 4.74 Å². The molecule has 1 aliphatic rings. The van der Waals surface area contributed by atoms with E-state index >= 15 is 0 Å². The van der Waals surface area contributed by atoms with Gasteiger partial charge in [-0.05, 0) is 39.5 Å². The van der Waals surface area contributed by atoms with E-state index in [-0.39, 0.29) is 11.7 Å². The minimum Gasteiger partial charge on any atom is -0.393 e. The van der Waals surface area contributed by atoms with Gasteiger partial charge < -0.3 is 14.7 Å². The summed E-state index contributed by atoms with van der Waals surface area (Å²) in [5.41, 5.74) is -0.0422. The van der Waals surface area contributed by atoms with Crippen LogP contribution in [0.5, 0.6) is 0 Å². The summed E-state index contributed by atoms with van der Waals surface area (Å²) in [6.45, 7) is 12.2.